The maximum absolute atomic E-state index is 9.33. The third kappa shape index (κ3) is 2.76. The van der Waals surface area contributed by atoms with Crippen LogP contribution in [0.15, 0.2) is 24.3 Å². The van der Waals surface area contributed by atoms with Crippen LogP contribution in [0.3, 0.4) is 0 Å². The average Bonchev–Trinajstić information content (AvgIpc) is 2.25. The van der Waals surface area contributed by atoms with Crippen molar-refractivity contribution < 1.29 is 5.11 Å². The van der Waals surface area contributed by atoms with Gasteiger partial charge in [0.25, 0.3) is 0 Å². The van der Waals surface area contributed by atoms with Gasteiger partial charge in [-0.05, 0) is 18.4 Å². The van der Waals surface area contributed by atoms with Crippen LogP contribution in [-0.2, 0) is 6.61 Å². The van der Waals surface area contributed by atoms with E-state index in [1.165, 1.54) is 0 Å². The standard InChI is InChI=1S/C14H23NO/c1-11(14(2,3)4)15(5)13-9-7-6-8-12(13)10-16/h6-9,11,16H,10H2,1-5H3. The molecule has 16 heavy (non-hydrogen) atoms. The van der Waals surface area contributed by atoms with Crippen molar-refractivity contribution in [3.8, 4) is 0 Å². The average molecular weight is 221 g/mol. The first-order chi connectivity index (χ1) is 7.38. The third-order valence-corrected chi connectivity index (χ3v) is 3.38. The van der Waals surface area contributed by atoms with Gasteiger partial charge in [0.15, 0.2) is 0 Å². The van der Waals surface area contributed by atoms with Crippen molar-refractivity contribution in [2.45, 2.75) is 40.3 Å². The molecule has 0 aliphatic rings. The smallest absolute Gasteiger partial charge is 0.0702 e. The Morgan fingerprint density at radius 1 is 1.25 bits per heavy atom. The van der Waals surface area contributed by atoms with Crippen molar-refractivity contribution in [3.63, 3.8) is 0 Å². The molecule has 0 aliphatic heterocycles. The SMILES string of the molecule is CC(N(C)c1ccccc1CO)C(C)(C)C. The number of para-hydroxylation sites is 1. The Balaban J connectivity index is 3.00. The summed E-state index contributed by atoms with van der Waals surface area (Å²) in [4.78, 5) is 2.24. The number of benzene rings is 1. The van der Waals surface area contributed by atoms with Gasteiger partial charge in [0.05, 0.1) is 6.61 Å². The molecule has 0 aromatic heterocycles. The minimum Gasteiger partial charge on any atom is -0.392 e. The fourth-order valence-electron chi connectivity index (χ4n) is 1.78. The van der Waals surface area contributed by atoms with E-state index in [0.717, 1.165) is 11.3 Å². The van der Waals surface area contributed by atoms with Crippen LogP contribution in [0.25, 0.3) is 0 Å². The summed E-state index contributed by atoms with van der Waals surface area (Å²) in [5, 5.41) is 9.33. The molecule has 1 aromatic rings. The van der Waals surface area contributed by atoms with E-state index in [2.05, 4.69) is 45.7 Å². The second-order valence-corrected chi connectivity index (χ2v) is 5.44. The molecule has 0 fully saturated rings. The predicted molar refractivity (Wildman–Crippen MR) is 69.7 cm³/mol. The summed E-state index contributed by atoms with van der Waals surface area (Å²) >= 11 is 0. The van der Waals surface area contributed by atoms with Crippen molar-refractivity contribution in [1.82, 2.24) is 0 Å². The van der Waals surface area contributed by atoms with Crippen molar-refractivity contribution in [2.75, 3.05) is 11.9 Å². The lowest BCUT2D eigenvalue weighted by atomic mass is 9.86. The Hall–Kier alpha value is -1.02. The summed E-state index contributed by atoms with van der Waals surface area (Å²) in [6.45, 7) is 9.01. The van der Waals surface area contributed by atoms with Crippen LogP contribution in [0.2, 0.25) is 0 Å². The van der Waals surface area contributed by atoms with Gasteiger partial charge in [0, 0.05) is 24.3 Å². The number of anilines is 1. The Morgan fingerprint density at radius 2 is 1.81 bits per heavy atom. The molecule has 0 bridgehead atoms. The Labute approximate surface area is 98.9 Å². The molecule has 0 radical (unpaired) electrons. The van der Waals surface area contributed by atoms with Crippen LogP contribution < -0.4 is 4.90 Å². The van der Waals surface area contributed by atoms with Crippen LogP contribution in [-0.4, -0.2) is 18.2 Å². The molecule has 1 atom stereocenters. The van der Waals surface area contributed by atoms with Gasteiger partial charge in [-0.15, -0.1) is 0 Å². The quantitative estimate of drug-likeness (QED) is 0.848. The Bertz CT molecular complexity index is 341. The van der Waals surface area contributed by atoms with Crippen LogP contribution in [0.5, 0.6) is 0 Å². The van der Waals surface area contributed by atoms with Crippen LogP contribution in [0.4, 0.5) is 5.69 Å². The van der Waals surface area contributed by atoms with Gasteiger partial charge >= 0.3 is 0 Å². The first-order valence-electron chi connectivity index (χ1n) is 5.79. The van der Waals surface area contributed by atoms with Gasteiger partial charge in [0.1, 0.15) is 0 Å². The Kier molecular flexibility index (Phi) is 3.98. The van der Waals surface area contributed by atoms with E-state index >= 15 is 0 Å². The fourth-order valence-corrected chi connectivity index (χ4v) is 1.78. The molecule has 0 saturated heterocycles. The van der Waals surface area contributed by atoms with Crippen molar-refractivity contribution in [1.29, 1.82) is 0 Å². The lowest BCUT2D eigenvalue weighted by molar-refractivity contribution is 0.280. The minimum absolute atomic E-state index is 0.0946. The summed E-state index contributed by atoms with van der Waals surface area (Å²) < 4.78 is 0. The zero-order chi connectivity index (χ0) is 12.3. The van der Waals surface area contributed by atoms with E-state index in [1.54, 1.807) is 0 Å². The largest absolute Gasteiger partial charge is 0.392 e. The molecule has 0 aliphatic carbocycles. The van der Waals surface area contributed by atoms with Crippen LogP contribution >= 0.6 is 0 Å². The van der Waals surface area contributed by atoms with Crippen molar-refractivity contribution in [2.24, 2.45) is 5.41 Å². The number of nitrogens with zero attached hydrogens (tertiary/aromatic N) is 1. The molecular formula is C14H23NO. The Morgan fingerprint density at radius 3 is 2.31 bits per heavy atom. The number of aliphatic hydroxyl groups is 1. The molecule has 0 saturated carbocycles. The molecule has 90 valence electrons. The van der Waals surface area contributed by atoms with E-state index < -0.39 is 0 Å². The molecule has 0 amide bonds. The van der Waals surface area contributed by atoms with E-state index in [9.17, 15) is 5.11 Å². The lowest BCUT2D eigenvalue weighted by Crippen LogP contribution is -2.39. The van der Waals surface area contributed by atoms with Crippen molar-refractivity contribution >= 4 is 5.69 Å². The van der Waals surface area contributed by atoms with Crippen LogP contribution in [0.1, 0.15) is 33.3 Å². The summed E-state index contributed by atoms with van der Waals surface area (Å²) in [6.07, 6.45) is 0. The minimum atomic E-state index is 0.0946. The molecule has 1 unspecified atom stereocenters. The highest BCUT2D eigenvalue weighted by Gasteiger charge is 2.24. The third-order valence-electron chi connectivity index (χ3n) is 3.38. The van der Waals surface area contributed by atoms with Gasteiger partial charge < -0.3 is 10.0 Å². The summed E-state index contributed by atoms with van der Waals surface area (Å²) in [5.74, 6) is 0. The normalized spacial score (nSPS) is 13.6. The zero-order valence-corrected chi connectivity index (χ0v) is 11.0. The highest BCUT2D eigenvalue weighted by Crippen LogP contribution is 2.29. The zero-order valence-electron chi connectivity index (χ0n) is 11.0. The summed E-state index contributed by atoms with van der Waals surface area (Å²) in [6, 6.07) is 8.43. The highest BCUT2D eigenvalue weighted by atomic mass is 16.3. The van der Waals surface area contributed by atoms with Gasteiger partial charge in [-0.1, -0.05) is 39.0 Å². The maximum Gasteiger partial charge on any atom is 0.0702 e. The van der Waals surface area contributed by atoms with Gasteiger partial charge in [-0.2, -0.15) is 0 Å². The first-order valence-corrected chi connectivity index (χ1v) is 5.79. The molecule has 1 aromatic carbocycles. The molecule has 2 heteroatoms. The molecule has 2 nitrogen and oxygen atoms in total. The molecule has 1 rings (SSSR count). The number of hydrogen-bond acceptors (Lipinski definition) is 2. The van der Waals surface area contributed by atoms with E-state index in [0.29, 0.717) is 6.04 Å². The molecule has 1 N–H and O–H groups in total. The monoisotopic (exact) mass is 221 g/mol. The summed E-state index contributed by atoms with van der Waals surface area (Å²) in [5.41, 5.74) is 2.32. The molecule has 0 heterocycles. The van der Waals surface area contributed by atoms with E-state index in [4.69, 9.17) is 0 Å². The summed E-state index contributed by atoms with van der Waals surface area (Å²) in [7, 11) is 2.09. The maximum atomic E-state index is 9.33. The second kappa shape index (κ2) is 4.88. The fraction of sp³-hybridized carbons (Fsp3) is 0.571. The molecule has 0 spiro atoms. The lowest BCUT2D eigenvalue weighted by Gasteiger charge is -2.37. The first kappa shape index (κ1) is 13.0. The number of rotatable bonds is 3. The van der Waals surface area contributed by atoms with Gasteiger partial charge in [-0.25, -0.2) is 0 Å². The molecular weight excluding hydrogens is 198 g/mol. The second-order valence-electron chi connectivity index (χ2n) is 5.44. The number of aliphatic hydroxyl groups excluding tert-OH is 1. The van der Waals surface area contributed by atoms with E-state index in [1.807, 2.05) is 18.2 Å². The topological polar surface area (TPSA) is 23.5 Å². The van der Waals surface area contributed by atoms with Crippen LogP contribution in [0, 0.1) is 5.41 Å². The van der Waals surface area contributed by atoms with E-state index in [-0.39, 0.29) is 12.0 Å². The number of hydrogen-bond donors (Lipinski definition) is 1. The van der Waals surface area contributed by atoms with Crippen molar-refractivity contribution in [3.05, 3.63) is 29.8 Å². The predicted octanol–water partition coefficient (Wildman–Crippen LogP) is 3.05. The van der Waals surface area contributed by atoms with Gasteiger partial charge in [0.2, 0.25) is 0 Å². The highest BCUT2D eigenvalue weighted by molar-refractivity contribution is 5.53. The van der Waals surface area contributed by atoms with Gasteiger partial charge in [-0.3, -0.25) is 0 Å².